The number of anilines is 1. The quantitative estimate of drug-likeness (QED) is 0.694. The highest BCUT2D eigenvalue weighted by Crippen LogP contribution is 2.33. The predicted octanol–water partition coefficient (Wildman–Crippen LogP) is 2.41. The normalized spacial score (nSPS) is 19.4. The van der Waals surface area contributed by atoms with Gasteiger partial charge in [0.05, 0.1) is 15.1 Å². The van der Waals surface area contributed by atoms with Crippen LogP contribution in [0, 0.1) is 16.0 Å². The van der Waals surface area contributed by atoms with Crippen LogP contribution >= 0.6 is 11.3 Å². The Hall–Kier alpha value is -1.73. The molecule has 0 saturated carbocycles. The number of nitro benzene ring substituents is 1. The van der Waals surface area contributed by atoms with E-state index in [0.717, 1.165) is 35.8 Å². The fourth-order valence-electron chi connectivity index (χ4n) is 2.54. The monoisotopic (exact) mass is 293 g/mol. The molecule has 1 saturated heterocycles. The van der Waals surface area contributed by atoms with Gasteiger partial charge in [0.25, 0.3) is 5.69 Å². The second-order valence-corrected chi connectivity index (χ2v) is 6.05. The molecule has 1 aromatic heterocycles. The molecule has 1 aliphatic heterocycles. The van der Waals surface area contributed by atoms with Gasteiger partial charge in [-0.2, -0.15) is 0 Å². The molecule has 106 valence electrons. The van der Waals surface area contributed by atoms with E-state index < -0.39 is 4.92 Å². The lowest BCUT2D eigenvalue weighted by molar-refractivity contribution is -0.384. The summed E-state index contributed by atoms with van der Waals surface area (Å²) in [6.45, 7) is 1.93. The van der Waals surface area contributed by atoms with Gasteiger partial charge in [0.2, 0.25) is 0 Å². The first kappa shape index (κ1) is 13.3. The maximum atomic E-state index is 10.8. The van der Waals surface area contributed by atoms with E-state index in [0.29, 0.717) is 11.4 Å². The van der Waals surface area contributed by atoms with E-state index in [1.807, 2.05) is 0 Å². The second-order valence-electron chi connectivity index (χ2n) is 5.04. The molecule has 0 aliphatic carbocycles. The topological polar surface area (TPSA) is 79.5 Å². The minimum Gasteiger partial charge on any atom is -0.396 e. The number of fused-ring (bicyclic) bond motifs is 1. The zero-order valence-electron chi connectivity index (χ0n) is 10.9. The van der Waals surface area contributed by atoms with Gasteiger partial charge in [-0.05, 0) is 24.8 Å². The summed E-state index contributed by atoms with van der Waals surface area (Å²) in [6.07, 6.45) is 2.09. The van der Waals surface area contributed by atoms with Gasteiger partial charge in [-0.15, -0.1) is 0 Å². The molecule has 1 aromatic carbocycles. The summed E-state index contributed by atoms with van der Waals surface area (Å²) in [5, 5.41) is 20.9. The molecule has 1 aliphatic rings. The third-order valence-corrected chi connectivity index (χ3v) is 4.72. The van der Waals surface area contributed by atoms with Gasteiger partial charge in [-0.3, -0.25) is 10.1 Å². The molecule has 1 atom stereocenters. The Bertz CT molecular complexity index is 643. The first-order valence-corrected chi connectivity index (χ1v) is 7.40. The van der Waals surface area contributed by atoms with Crippen LogP contribution < -0.4 is 4.90 Å². The molecule has 7 heteroatoms. The molecule has 6 nitrogen and oxygen atoms in total. The van der Waals surface area contributed by atoms with Crippen molar-refractivity contribution in [3.05, 3.63) is 28.3 Å². The lowest BCUT2D eigenvalue weighted by Gasteiger charge is -2.31. The van der Waals surface area contributed by atoms with Crippen molar-refractivity contribution >= 4 is 32.4 Å². The molecule has 2 heterocycles. The molecular weight excluding hydrogens is 278 g/mol. The van der Waals surface area contributed by atoms with Crippen molar-refractivity contribution in [1.82, 2.24) is 4.98 Å². The molecule has 1 fully saturated rings. The van der Waals surface area contributed by atoms with Crippen LogP contribution in [0.25, 0.3) is 10.2 Å². The van der Waals surface area contributed by atoms with Crippen molar-refractivity contribution in [2.24, 2.45) is 5.92 Å². The van der Waals surface area contributed by atoms with Crippen LogP contribution in [0.4, 0.5) is 10.8 Å². The van der Waals surface area contributed by atoms with Crippen LogP contribution in [-0.4, -0.2) is 34.7 Å². The van der Waals surface area contributed by atoms with Crippen LogP contribution in [0.3, 0.4) is 0 Å². The zero-order chi connectivity index (χ0) is 14.1. The molecule has 0 spiro atoms. The molecule has 0 amide bonds. The van der Waals surface area contributed by atoms with Crippen LogP contribution in [-0.2, 0) is 0 Å². The Morgan fingerprint density at radius 2 is 2.40 bits per heavy atom. The van der Waals surface area contributed by atoms with E-state index in [1.165, 1.54) is 12.1 Å². The average molecular weight is 293 g/mol. The Kier molecular flexibility index (Phi) is 3.54. The lowest BCUT2D eigenvalue weighted by atomic mass is 10.00. The van der Waals surface area contributed by atoms with Gasteiger partial charge in [0.1, 0.15) is 0 Å². The zero-order valence-corrected chi connectivity index (χ0v) is 11.7. The number of non-ortho nitro benzene ring substituents is 1. The van der Waals surface area contributed by atoms with Crippen LogP contribution in [0.5, 0.6) is 0 Å². The molecule has 0 radical (unpaired) electrons. The predicted molar refractivity (Wildman–Crippen MR) is 78.3 cm³/mol. The second kappa shape index (κ2) is 5.34. The Labute approximate surface area is 119 Å². The third kappa shape index (κ3) is 2.46. The average Bonchev–Trinajstić information content (AvgIpc) is 2.90. The number of aliphatic hydroxyl groups is 1. The third-order valence-electron chi connectivity index (χ3n) is 3.62. The molecule has 0 bridgehead atoms. The van der Waals surface area contributed by atoms with Crippen LogP contribution in [0.15, 0.2) is 18.2 Å². The largest absolute Gasteiger partial charge is 0.396 e. The number of thiazole rings is 1. The van der Waals surface area contributed by atoms with E-state index in [-0.39, 0.29) is 12.3 Å². The van der Waals surface area contributed by atoms with Crippen LogP contribution in [0.1, 0.15) is 12.8 Å². The van der Waals surface area contributed by atoms with Crippen molar-refractivity contribution in [2.75, 3.05) is 24.6 Å². The van der Waals surface area contributed by atoms with Gasteiger partial charge in [-0.1, -0.05) is 11.3 Å². The summed E-state index contributed by atoms with van der Waals surface area (Å²) in [5.41, 5.74) is 0.742. The Balaban J connectivity index is 1.90. The molecule has 1 N–H and O–H groups in total. The van der Waals surface area contributed by atoms with E-state index in [4.69, 9.17) is 0 Å². The van der Waals surface area contributed by atoms with Crippen LogP contribution in [0.2, 0.25) is 0 Å². The van der Waals surface area contributed by atoms with Crippen molar-refractivity contribution in [3.63, 3.8) is 0 Å². The summed E-state index contributed by atoms with van der Waals surface area (Å²) >= 11 is 1.55. The number of nitro groups is 1. The molecule has 20 heavy (non-hydrogen) atoms. The maximum absolute atomic E-state index is 10.8. The van der Waals surface area contributed by atoms with E-state index >= 15 is 0 Å². The number of piperidine rings is 1. The minimum absolute atomic E-state index is 0.0706. The van der Waals surface area contributed by atoms with Crippen molar-refractivity contribution in [3.8, 4) is 0 Å². The van der Waals surface area contributed by atoms with Gasteiger partial charge in [0, 0.05) is 31.8 Å². The van der Waals surface area contributed by atoms with Gasteiger partial charge in [0.15, 0.2) is 5.13 Å². The standard InChI is InChI=1S/C13H15N3O3S/c17-8-9-2-1-5-15(7-9)13-14-11-6-10(16(18)19)3-4-12(11)20-13/h3-4,6,9,17H,1-2,5,7-8H2. The number of benzene rings is 1. The summed E-state index contributed by atoms with van der Waals surface area (Å²) in [5.74, 6) is 0.296. The smallest absolute Gasteiger partial charge is 0.271 e. The minimum atomic E-state index is -0.402. The Morgan fingerprint density at radius 1 is 1.55 bits per heavy atom. The van der Waals surface area contributed by atoms with Crippen molar-refractivity contribution in [1.29, 1.82) is 0 Å². The van der Waals surface area contributed by atoms with E-state index in [2.05, 4.69) is 9.88 Å². The first-order valence-electron chi connectivity index (χ1n) is 6.58. The summed E-state index contributed by atoms with van der Waals surface area (Å²) in [7, 11) is 0. The van der Waals surface area contributed by atoms with Crippen molar-refractivity contribution in [2.45, 2.75) is 12.8 Å². The van der Waals surface area contributed by atoms with Gasteiger partial charge in [-0.25, -0.2) is 4.98 Å². The highest BCUT2D eigenvalue weighted by molar-refractivity contribution is 7.22. The number of nitrogens with zero attached hydrogens (tertiary/aromatic N) is 3. The fourth-order valence-corrected chi connectivity index (χ4v) is 3.52. The fraction of sp³-hybridized carbons (Fsp3) is 0.462. The number of aliphatic hydroxyl groups excluding tert-OH is 1. The SMILES string of the molecule is O=[N+]([O-])c1ccc2sc(N3CCCC(CO)C3)nc2c1. The molecule has 2 aromatic rings. The summed E-state index contributed by atoms with van der Waals surface area (Å²) in [6, 6.07) is 4.78. The summed E-state index contributed by atoms with van der Waals surface area (Å²) in [4.78, 5) is 17.1. The molecular formula is C13H15N3O3S. The number of hydrogen-bond donors (Lipinski definition) is 1. The Morgan fingerprint density at radius 3 is 3.15 bits per heavy atom. The number of rotatable bonds is 3. The van der Waals surface area contributed by atoms with E-state index in [1.54, 1.807) is 17.4 Å². The van der Waals surface area contributed by atoms with Crippen molar-refractivity contribution < 1.29 is 10.0 Å². The number of aromatic nitrogens is 1. The van der Waals surface area contributed by atoms with Gasteiger partial charge < -0.3 is 10.0 Å². The van der Waals surface area contributed by atoms with E-state index in [9.17, 15) is 15.2 Å². The maximum Gasteiger partial charge on any atom is 0.271 e. The first-order chi connectivity index (χ1) is 9.67. The lowest BCUT2D eigenvalue weighted by Crippen LogP contribution is -2.36. The highest BCUT2D eigenvalue weighted by Gasteiger charge is 2.22. The van der Waals surface area contributed by atoms with Gasteiger partial charge >= 0.3 is 0 Å². The molecule has 1 unspecified atom stereocenters. The highest BCUT2D eigenvalue weighted by atomic mass is 32.1. The summed E-state index contributed by atoms with van der Waals surface area (Å²) < 4.78 is 0.955. The molecule has 3 rings (SSSR count). The number of hydrogen-bond acceptors (Lipinski definition) is 6.